The second-order valence-corrected chi connectivity index (χ2v) is 4.44. The highest BCUT2D eigenvalue weighted by Crippen LogP contribution is 2.17. The maximum absolute atomic E-state index is 5.78. The van der Waals surface area contributed by atoms with Gasteiger partial charge in [-0.2, -0.15) is 0 Å². The van der Waals surface area contributed by atoms with Crippen molar-refractivity contribution >= 4 is 11.5 Å². The number of unbranched alkanes of at least 4 members (excludes halogenated alkanes) is 2. The van der Waals surface area contributed by atoms with E-state index in [1.807, 2.05) is 12.1 Å². The normalized spacial score (nSPS) is 10.8. The molecule has 0 saturated heterocycles. The SMILES string of the molecule is CCCCCN(c1cc(N)ccn1)C(C)C. The minimum absolute atomic E-state index is 0.464. The van der Waals surface area contributed by atoms with Crippen molar-refractivity contribution in [2.75, 3.05) is 17.2 Å². The molecular formula is C13H23N3. The second kappa shape index (κ2) is 6.36. The van der Waals surface area contributed by atoms with Crippen LogP contribution in [0.25, 0.3) is 0 Å². The van der Waals surface area contributed by atoms with E-state index in [4.69, 9.17) is 5.73 Å². The van der Waals surface area contributed by atoms with E-state index in [-0.39, 0.29) is 0 Å². The predicted molar refractivity (Wildman–Crippen MR) is 70.7 cm³/mol. The number of nitrogens with zero attached hydrogens (tertiary/aromatic N) is 2. The first kappa shape index (κ1) is 12.8. The molecule has 1 aromatic heterocycles. The van der Waals surface area contributed by atoms with Crippen LogP contribution in [0.15, 0.2) is 18.3 Å². The molecule has 90 valence electrons. The number of hydrogen-bond donors (Lipinski definition) is 1. The quantitative estimate of drug-likeness (QED) is 0.751. The summed E-state index contributed by atoms with van der Waals surface area (Å²) in [6.07, 6.45) is 5.51. The van der Waals surface area contributed by atoms with Gasteiger partial charge < -0.3 is 10.6 Å². The highest BCUT2D eigenvalue weighted by molar-refractivity contribution is 5.50. The van der Waals surface area contributed by atoms with Crippen LogP contribution in [0.5, 0.6) is 0 Å². The van der Waals surface area contributed by atoms with Crippen LogP contribution in [0.1, 0.15) is 40.0 Å². The average molecular weight is 221 g/mol. The topological polar surface area (TPSA) is 42.1 Å². The fourth-order valence-corrected chi connectivity index (χ4v) is 1.76. The minimum Gasteiger partial charge on any atom is -0.399 e. The zero-order valence-corrected chi connectivity index (χ0v) is 10.6. The van der Waals surface area contributed by atoms with E-state index in [1.54, 1.807) is 6.20 Å². The van der Waals surface area contributed by atoms with Crippen molar-refractivity contribution in [1.82, 2.24) is 4.98 Å². The van der Waals surface area contributed by atoms with Crippen molar-refractivity contribution in [3.8, 4) is 0 Å². The summed E-state index contributed by atoms with van der Waals surface area (Å²) in [5.74, 6) is 0.992. The molecule has 2 N–H and O–H groups in total. The molecule has 16 heavy (non-hydrogen) atoms. The van der Waals surface area contributed by atoms with Gasteiger partial charge in [-0.05, 0) is 26.3 Å². The molecule has 0 aliphatic heterocycles. The third kappa shape index (κ3) is 3.72. The fraction of sp³-hybridized carbons (Fsp3) is 0.615. The zero-order valence-electron chi connectivity index (χ0n) is 10.6. The Morgan fingerprint density at radius 1 is 1.38 bits per heavy atom. The lowest BCUT2D eigenvalue weighted by Gasteiger charge is -2.28. The smallest absolute Gasteiger partial charge is 0.130 e. The van der Waals surface area contributed by atoms with E-state index in [9.17, 15) is 0 Å². The monoisotopic (exact) mass is 221 g/mol. The molecule has 0 unspecified atom stereocenters. The highest BCUT2D eigenvalue weighted by Gasteiger charge is 2.11. The molecule has 0 amide bonds. The number of pyridine rings is 1. The van der Waals surface area contributed by atoms with Gasteiger partial charge in [-0.15, -0.1) is 0 Å². The summed E-state index contributed by atoms with van der Waals surface area (Å²) in [5.41, 5.74) is 6.57. The molecule has 0 aromatic carbocycles. The summed E-state index contributed by atoms with van der Waals surface area (Å²) in [6, 6.07) is 4.24. The van der Waals surface area contributed by atoms with Gasteiger partial charge in [0, 0.05) is 30.5 Å². The summed E-state index contributed by atoms with van der Waals surface area (Å²) in [7, 11) is 0. The van der Waals surface area contributed by atoms with Crippen LogP contribution in [0.3, 0.4) is 0 Å². The molecule has 3 heteroatoms. The Labute approximate surface area is 98.7 Å². The van der Waals surface area contributed by atoms with Crippen molar-refractivity contribution in [2.24, 2.45) is 0 Å². The van der Waals surface area contributed by atoms with E-state index in [0.29, 0.717) is 6.04 Å². The van der Waals surface area contributed by atoms with Gasteiger partial charge in [-0.25, -0.2) is 4.98 Å². The van der Waals surface area contributed by atoms with Gasteiger partial charge in [0.05, 0.1) is 0 Å². The van der Waals surface area contributed by atoms with Crippen LogP contribution < -0.4 is 10.6 Å². The molecule has 3 nitrogen and oxygen atoms in total. The van der Waals surface area contributed by atoms with Gasteiger partial charge in [0.1, 0.15) is 5.82 Å². The lowest BCUT2D eigenvalue weighted by Crippen LogP contribution is -2.32. The molecule has 0 aliphatic rings. The maximum atomic E-state index is 5.78. The Balaban J connectivity index is 2.69. The first-order valence-electron chi connectivity index (χ1n) is 6.13. The van der Waals surface area contributed by atoms with Gasteiger partial charge in [-0.3, -0.25) is 0 Å². The van der Waals surface area contributed by atoms with Crippen LogP contribution in [0.4, 0.5) is 11.5 Å². The fourth-order valence-electron chi connectivity index (χ4n) is 1.76. The average Bonchev–Trinajstić information content (AvgIpc) is 2.24. The van der Waals surface area contributed by atoms with Crippen LogP contribution in [-0.2, 0) is 0 Å². The Morgan fingerprint density at radius 3 is 2.69 bits per heavy atom. The first-order valence-corrected chi connectivity index (χ1v) is 6.13. The molecule has 1 heterocycles. The second-order valence-electron chi connectivity index (χ2n) is 4.44. The maximum Gasteiger partial charge on any atom is 0.130 e. The Morgan fingerprint density at radius 2 is 2.12 bits per heavy atom. The number of nitrogen functional groups attached to an aromatic ring is 1. The largest absolute Gasteiger partial charge is 0.399 e. The van der Waals surface area contributed by atoms with E-state index in [1.165, 1.54) is 19.3 Å². The Hall–Kier alpha value is -1.25. The Kier molecular flexibility index (Phi) is 5.09. The summed E-state index contributed by atoms with van der Waals surface area (Å²) in [6.45, 7) is 7.66. The van der Waals surface area contributed by atoms with Crippen molar-refractivity contribution < 1.29 is 0 Å². The van der Waals surface area contributed by atoms with Crippen LogP contribution in [0, 0.1) is 0 Å². The minimum atomic E-state index is 0.464. The number of anilines is 2. The van der Waals surface area contributed by atoms with Gasteiger partial charge in [-0.1, -0.05) is 19.8 Å². The third-order valence-corrected chi connectivity index (χ3v) is 2.69. The molecule has 0 spiro atoms. The number of nitrogens with two attached hydrogens (primary N) is 1. The zero-order chi connectivity index (χ0) is 12.0. The third-order valence-electron chi connectivity index (χ3n) is 2.69. The van der Waals surface area contributed by atoms with Crippen LogP contribution >= 0.6 is 0 Å². The standard InChI is InChI=1S/C13H23N3/c1-4-5-6-9-16(11(2)3)13-10-12(14)7-8-15-13/h7-8,10-11H,4-6,9H2,1-3H3,(H2,14,15). The van der Waals surface area contributed by atoms with E-state index >= 15 is 0 Å². The molecule has 1 aromatic rings. The molecule has 0 saturated carbocycles. The first-order chi connectivity index (χ1) is 7.65. The molecule has 0 bridgehead atoms. The Bertz CT molecular complexity index is 310. The van der Waals surface area contributed by atoms with Crippen molar-refractivity contribution in [3.63, 3.8) is 0 Å². The van der Waals surface area contributed by atoms with E-state index in [0.717, 1.165) is 18.1 Å². The molecular weight excluding hydrogens is 198 g/mol. The van der Waals surface area contributed by atoms with E-state index in [2.05, 4.69) is 30.7 Å². The van der Waals surface area contributed by atoms with Gasteiger partial charge in [0.15, 0.2) is 0 Å². The number of rotatable bonds is 6. The lowest BCUT2D eigenvalue weighted by atomic mass is 10.2. The lowest BCUT2D eigenvalue weighted by molar-refractivity contribution is 0.620. The van der Waals surface area contributed by atoms with Crippen molar-refractivity contribution in [1.29, 1.82) is 0 Å². The van der Waals surface area contributed by atoms with Gasteiger partial charge in [0.25, 0.3) is 0 Å². The summed E-state index contributed by atoms with van der Waals surface area (Å²) in [4.78, 5) is 6.70. The molecule has 0 fully saturated rings. The highest BCUT2D eigenvalue weighted by atomic mass is 15.2. The van der Waals surface area contributed by atoms with Crippen molar-refractivity contribution in [2.45, 2.75) is 46.1 Å². The summed E-state index contributed by atoms with van der Waals surface area (Å²) >= 11 is 0. The molecule has 0 atom stereocenters. The van der Waals surface area contributed by atoms with Crippen molar-refractivity contribution in [3.05, 3.63) is 18.3 Å². The predicted octanol–water partition coefficient (Wildman–Crippen LogP) is 3.07. The molecule has 1 rings (SSSR count). The number of hydrogen-bond acceptors (Lipinski definition) is 3. The molecule has 0 aliphatic carbocycles. The van der Waals surface area contributed by atoms with Crippen LogP contribution in [0.2, 0.25) is 0 Å². The number of aromatic nitrogens is 1. The van der Waals surface area contributed by atoms with Crippen LogP contribution in [-0.4, -0.2) is 17.6 Å². The summed E-state index contributed by atoms with van der Waals surface area (Å²) < 4.78 is 0. The van der Waals surface area contributed by atoms with Gasteiger partial charge >= 0.3 is 0 Å². The van der Waals surface area contributed by atoms with Gasteiger partial charge in [0.2, 0.25) is 0 Å². The van der Waals surface area contributed by atoms with E-state index < -0.39 is 0 Å². The summed E-state index contributed by atoms with van der Waals surface area (Å²) in [5, 5.41) is 0. The molecule has 0 radical (unpaired) electrons.